The Morgan fingerprint density at radius 1 is 1.20 bits per heavy atom. The quantitative estimate of drug-likeness (QED) is 0.743. The molecule has 1 atom stereocenters. The van der Waals surface area contributed by atoms with Gasteiger partial charge in [0.2, 0.25) is 0 Å². The molecule has 0 saturated carbocycles. The SMILES string of the molecule is CC(C)CC(CN(C)C)NC(=O)N(C)C(C)(C)C(=O)O. The number of carboxylic acid groups (broad SMARTS) is 1. The number of hydrogen-bond acceptors (Lipinski definition) is 3. The summed E-state index contributed by atoms with van der Waals surface area (Å²) in [6, 6.07) is -0.352. The zero-order valence-electron chi connectivity index (χ0n) is 13.7. The third-order valence-corrected chi connectivity index (χ3v) is 3.34. The summed E-state index contributed by atoms with van der Waals surface area (Å²) >= 11 is 0. The fourth-order valence-electron chi connectivity index (χ4n) is 1.86. The molecule has 0 fully saturated rings. The molecule has 0 bridgehead atoms. The summed E-state index contributed by atoms with van der Waals surface area (Å²) < 4.78 is 0. The highest BCUT2D eigenvalue weighted by Crippen LogP contribution is 2.13. The number of hydrogen-bond donors (Lipinski definition) is 2. The van der Waals surface area contributed by atoms with Crippen molar-refractivity contribution in [2.24, 2.45) is 5.92 Å². The summed E-state index contributed by atoms with van der Waals surface area (Å²) in [6.45, 7) is 7.95. The molecule has 0 radical (unpaired) electrons. The Balaban J connectivity index is 4.78. The average Bonchev–Trinajstić information content (AvgIpc) is 2.25. The van der Waals surface area contributed by atoms with Gasteiger partial charge in [0, 0.05) is 19.6 Å². The largest absolute Gasteiger partial charge is 0.480 e. The molecule has 0 aromatic rings. The van der Waals surface area contributed by atoms with Crippen molar-refractivity contribution >= 4 is 12.0 Å². The minimum absolute atomic E-state index is 0.00421. The number of nitrogens with one attached hydrogen (secondary N) is 1. The molecule has 1 unspecified atom stereocenters. The Morgan fingerprint density at radius 3 is 2.05 bits per heavy atom. The predicted molar refractivity (Wildman–Crippen MR) is 79.8 cm³/mol. The van der Waals surface area contributed by atoms with Crippen LogP contribution in [-0.4, -0.2) is 66.2 Å². The van der Waals surface area contributed by atoms with Crippen LogP contribution in [0.4, 0.5) is 4.79 Å². The van der Waals surface area contributed by atoms with E-state index in [1.54, 1.807) is 0 Å². The van der Waals surface area contributed by atoms with E-state index >= 15 is 0 Å². The lowest BCUT2D eigenvalue weighted by Gasteiger charge is -2.34. The van der Waals surface area contributed by atoms with Gasteiger partial charge in [-0.15, -0.1) is 0 Å². The van der Waals surface area contributed by atoms with E-state index in [4.69, 9.17) is 5.11 Å². The van der Waals surface area contributed by atoms with Crippen molar-refractivity contribution in [3.05, 3.63) is 0 Å². The molecule has 2 N–H and O–H groups in total. The van der Waals surface area contributed by atoms with E-state index in [2.05, 4.69) is 19.2 Å². The van der Waals surface area contributed by atoms with E-state index in [1.807, 2.05) is 19.0 Å². The van der Waals surface area contributed by atoms with Crippen LogP contribution < -0.4 is 5.32 Å². The molecule has 2 amide bonds. The molecule has 0 aliphatic rings. The number of carbonyl (C=O) groups is 2. The topological polar surface area (TPSA) is 72.9 Å². The van der Waals surface area contributed by atoms with Crippen LogP contribution >= 0.6 is 0 Å². The zero-order valence-corrected chi connectivity index (χ0v) is 13.7. The third kappa shape index (κ3) is 5.77. The minimum atomic E-state index is -1.23. The van der Waals surface area contributed by atoms with Crippen LogP contribution in [0.25, 0.3) is 0 Å². The minimum Gasteiger partial charge on any atom is -0.480 e. The van der Waals surface area contributed by atoms with Crippen LogP contribution in [0.2, 0.25) is 0 Å². The molecule has 0 spiro atoms. The van der Waals surface area contributed by atoms with E-state index in [-0.39, 0.29) is 12.1 Å². The summed E-state index contributed by atoms with van der Waals surface area (Å²) in [4.78, 5) is 26.6. The van der Waals surface area contributed by atoms with Crippen LogP contribution in [0, 0.1) is 5.92 Å². The molecule has 20 heavy (non-hydrogen) atoms. The smallest absolute Gasteiger partial charge is 0.329 e. The van der Waals surface area contributed by atoms with Gasteiger partial charge < -0.3 is 20.2 Å². The van der Waals surface area contributed by atoms with Crippen molar-refractivity contribution in [1.82, 2.24) is 15.1 Å². The van der Waals surface area contributed by atoms with Crippen molar-refractivity contribution in [2.75, 3.05) is 27.7 Å². The van der Waals surface area contributed by atoms with Crippen molar-refractivity contribution in [2.45, 2.75) is 45.7 Å². The molecule has 118 valence electrons. The molecular formula is C14H29N3O3. The number of carbonyl (C=O) groups excluding carboxylic acids is 1. The van der Waals surface area contributed by atoms with Crippen molar-refractivity contribution in [1.29, 1.82) is 0 Å². The summed E-state index contributed by atoms with van der Waals surface area (Å²) in [5.74, 6) is -0.568. The standard InChI is InChI=1S/C14H29N3O3/c1-10(2)8-11(9-16(5)6)15-13(20)17(7)14(3,4)12(18)19/h10-11H,8-9H2,1-7H3,(H,15,20)(H,18,19). The van der Waals surface area contributed by atoms with E-state index in [1.165, 1.54) is 25.8 Å². The molecule has 0 saturated heterocycles. The molecule has 0 aromatic heterocycles. The molecule has 0 aliphatic carbocycles. The fourth-order valence-corrected chi connectivity index (χ4v) is 1.86. The summed E-state index contributed by atoms with van der Waals surface area (Å²) in [6.07, 6.45) is 0.852. The van der Waals surface area contributed by atoms with Crippen LogP contribution in [0.5, 0.6) is 0 Å². The Morgan fingerprint density at radius 2 is 1.70 bits per heavy atom. The normalized spacial score (nSPS) is 13.4. The summed E-state index contributed by atoms with van der Waals surface area (Å²) in [5, 5.41) is 12.1. The highest BCUT2D eigenvalue weighted by molar-refractivity contribution is 5.85. The molecule has 0 aliphatic heterocycles. The van der Waals surface area contributed by atoms with Crippen LogP contribution in [0.3, 0.4) is 0 Å². The van der Waals surface area contributed by atoms with E-state index in [9.17, 15) is 9.59 Å². The molecule has 6 nitrogen and oxygen atoms in total. The highest BCUT2D eigenvalue weighted by Gasteiger charge is 2.35. The maximum absolute atomic E-state index is 12.2. The van der Waals surface area contributed by atoms with Gasteiger partial charge in [0.15, 0.2) is 0 Å². The number of rotatable bonds is 7. The Kier molecular flexibility index (Phi) is 6.99. The zero-order chi connectivity index (χ0) is 16.1. The molecule has 6 heteroatoms. The van der Waals surface area contributed by atoms with Gasteiger partial charge in [0.1, 0.15) is 5.54 Å². The van der Waals surface area contributed by atoms with Crippen molar-refractivity contribution in [3.8, 4) is 0 Å². The average molecular weight is 287 g/mol. The second-order valence-corrected chi connectivity index (χ2v) is 6.46. The first-order valence-electron chi connectivity index (χ1n) is 6.91. The van der Waals surface area contributed by atoms with Crippen LogP contribution in [0.1, 0.15) is 34.1 Å². The predicted octanol–water partition coefficient (Wildman–Crippen LogP) is 1.47. The maximum Gasteiger partial charge on any atom is 0.329 e. The number of amides is 2. The lowest BCUT2D eigenvalue weighted by Crippen LogP contribution is -2.56. The van der Waals surface area contributed by atoms with Gasteiger partial charge in [-0.25, -0.2) is 9.59 Å². The van der Waals surface area contributed by atoms with Crippen molar-refractivity contribution < 1.29 is 14.7 Å². The lowest BCUT2D eigenvalue weighted by molar-refractivity contribution is -0.146. The van der Waals surface area contributed by atoms with E-state index in [0.29, 0.717) is 5.92 Å². The first kappa shape index (κ1) is 18.7. The highest BCUT2D eigenvalue weighted by atomic mass is 16.4. The second-order valence-electron chi connectivity index (χ2n) is 6.46. The third-order valence-electron chi connectivity index (χ3n) is 3.34. The first-order valence-corrected chi connectivity index (χ1v) is 6.91. The van der Waals surface area contributed by atoms with E-state index in [0.717, 1.165) is 13.0 Å². The van der Waals surface area contributed by atoms with Crippen molar-refractivity contribution in [3.63, 3.8) is 0 Å². The number of likely N-dealkylation sites (N-methyl/N-ethyl adjacent to an activating group) is 2. The Labute approximate surface area is 122 Å². The number of urea groups is 1. The number of nitrogens with zero attached hydrogens (tertiary/aromatic N) is 2. The monoisotopic (exact) mass is 287 g/mol. The molecule has 0 rings (SSSR count). The molecular weight excluding hydrogens is 258 g/mol. The maximum atomic E-state index is 12.2. The first-order chi connectivity index (χ1) is 8.98. The van der Waals surface area contributed by atoms with Gasteiger partial charge in [-0.3, -0.25) is 0 Å². The van der Waals surface area contributed by atoms with Gasteiger partial charge in [-0.1, -0.05) is 13.8 Å². The van der Waals surface area contributed by atoms with Gasteiger partial charge in [0.25, 0.3) is 0 Å². The fraction of sp³-hybridized carbons (Fsp3) is 0.857. The number of carboxylic acids is 1. The second kappa shape index (κ2) is 7.47. The van der Waals surface area contributed by atoms with Gasteiger partial charge in [-0.05, 0) is 40.3 Å². The Hall–Kier alpha value is -1.30. The molecule has 0 heterocycles. The van der Waals surface area contributed by atoms with Crippen LogP contribution in [0.15, 0.2) is 0 Å². The van der Waals surface area contributed by atoms with Gasteiger partial charge >= 0.3 is 12.0 Å². The number of aliphatic carboxylic acids is 1. The van der Waals surface area contributed by atoms with Crippen LogP contribution in [-0.2, 0) is 4.79 Å². The van der Waals surface area contributed by atoms with Gasteiger partial charge in [-0.2, -0.15) is 0 Å². The molecule has 0 aromatic carbocycles. The summed E-state index contributed by atoms with van der Waals surface area (Å²) in [5.41, 5.74) is -1.23. The lowest BCUT2D eigenvalue weighted by atomic mass is 10.0. The van der Waals surface area contributed by atoms with Gasteiger partial charge in [0.05, 0.1) is 0 Å². The summed E-state index contributed by atoms with van der Waals surface area (Å²) in [7, 11) is 5.40. The Bertz CT molecular complexity index is 331. The van der Waals surface area contributed by atoms with E-state index < -0.39 is 11.5 Å².